The van der Waals surface area contributed by atoms with Gasteiger partial charge in [-0.05, 0) is 38.5 Å². The van der Waals surface area contributed by atoms with E-state index in [0.717, 1.165) is 22.3 Å². The van der Waals surface area contributed by atoms with Gasteiger partial charge in [-0.2, -0.15) is 5.10 Å². The molecule has 2 aromatic heterocycles. The van der Waals surface area contributed by atoms with Crippen LogP contribution in [0.2, 0.25) is 0 Å². The summed E-state index contributed by atoms with van der Waals surface area (Å²) in [6.45, 7) is 18.0. The number of amides is 1. The van der Waals surface area contributed by atoms with Crippen molar-refractivity contribution in [3.05, 3.63) is 72.1 Å². The van der Waals surface area contributed by atoms with Crippen molar-refractivity contribution in [2.24, 2.45) is 5.73 Å². The number of fused-ring (bicyclic) bond motifs is 1. The molecule has 0 bridgehead atoms. The fraction of sp³-hybridized carbons (Fsp3) is 0.304. The molecule has 0 aliphatic carbocycles. The van der Waals surface area contributed by atoms with Gasteiger partial charge in [0.05, 0.1) is 5.52 Å². The lowest BCUT2D eigenvalue weighted by Crippen LogP contribution is -1.87. The van der Waals surface area contributed by atoms with Gasteiger partial charge in [-0.3, -0.25) is 4.79 Å². The van der Waals surface area contributed by atoms with Crippen LogP contribution in [0.25, 0.3) is 17.2 Å². The largest absolute Gasteiger partial charge is 0.372 e. The van der Waals surface area contributed by atoms with E-state index in [4.69, 9.17) is 4.79 Å². The van der Waals surface area contributed by atoms with Crippen molar-refractivity contribution < 1.29 is 4.79 Å². The van der Waals surface area contributed by atoms with E-state index in [1.54, 1.807) is 0 Å². The van der Waals surface area contributed by atoms with Crippen LogP contribution in [0.5, 0.6) is 0 Å². The third-order valence-electron chi connectivity index (χ3n) is 3.12. The molecule has 1 amide bonds. The summed E-state index contributed by atoms with van der Waals surface area (Å²) in [5, 5.41) is 4.69. The Bertz CT molecular complexity index is 765. The van der Waals surface area contributed by atoms with Crippen molar-refractivity contribution in [1.82, 2.24) is 9.61 Å². The Kier molecular flexibility index (Phi) is 16.2. The van der Waals surface area contributed by atoms with Crippen LogP contribution in [0.3, 0.4) is 0 Å². The van der Waals surface area contributed by atoms with Gasteiger partial charge < -0.3 is 5.73 Å². The number of carbonyl (C=O) groups excluding carboxylic acids is 1. The molecule has 0 atom stereocenters. The van der Waals surface area contributed by atoms with Gasteiger partial charge in [0.15, 0.2) is 0 Å². The van der Waals surface area contributed by atoms with Gasteiger partial charge in [0, 0.05) is 17.3 Å². The van der Waals surface area contributed by atoms with Gasteiger partial charge in [0.25, 0.3) is 0 Å². The fourth-order valence-corrected chi connectivity index (χ4v) is 2.16. The predicted molar refractivity (Wildman–Crippen MR) is 121 cm³/mol. The van der Waals surface area contributed by atoms with E-state index in [9.17, 15) is 0 Å². The van der Waals surface area contributed by atoms with Crippen LogP contribution in [-0.4, -0.2) is 16.0 Å². The number of primary amides is 1. The maximum Gasteiger partial charge on any atom is 0.204 e. The lowest BCUT2D eigenvalue weighted by molar-refractivity contribution is -0.106. The Morgan fingerprint density at radius 1 is 1.19 bits per heavy atom. The molecule has 4 heteroatoms. The Labute approximate surface area is 164 Å². The molecule has 0 aliphatic rings. The predicted octanol–water partition coefficient (Wildman–Crippen LogP) is 5.98. The minimum atomic E-state index is 0.250. The quantitative estimate of drug-likeness (QED) is 0.532. The normalized spacial score (nSPS) is 10.4. The molecule has 0 aromatic carbocycles. The number of aromatic nitrogens is 2. The Morgan fingerprint density at radius 3 is 2.26 bits per heavy atom. The maximum atomic E-state index is 8.58. The zero-order valence-electron chi connectivity index (χ0n) is 17.9. The Hall–Kier alpha value is -2.88. The molecule has 0 saturated carbocycles. The van der Waals surface area contributed by atoms with Crippen LogP contribution in [0, 0.1) is 6.92 Å². The molecule has 4 nitrogen and oxygen atoms in total. The minimum Gasteiger partial charge on any atom is -0.372 e. The molecule has 148 valence electrons. The van der Waals surface area contributed by atoms with Gasteiger partial charge in [0.2, 0.25) is 6.41 Å². The zero-order chi connectivity index (χ0) is 21.2. The summed E-state index contributed by atoms with van der Waals surface area (Å²) in [6.07, 6.45) is 14.3. The third-order valence-corrected chi connectivity index (χ3v) is 3.12. The van der Waals surface area contributed by atoms with E-state index in [-0.39, 0.29) is 6.41 Å². The van der Waals surface area contributed by atoms with Crippen molar-refractivity contribution in [2.75, 3.05) is 0 Å². The van der Waals surface area contributed by atoms with Crippen molar-refractivity contribution in [1.29, 1.82) is 0 Å². The highest BCUT2D eigenvalue weighted by Gasteiger charge is 2.12. The topological polar surface area (TPSA) is 60.4 Å². The summed E-state index contributed by atoms with van der Waals surface area (Å²) in [5.41, 5.74) is 9.63. The SMILES string of the molecule is C=C/C(=C\C=C/C)c1nn2ccc(C)cc2c1/C=C/C.CC.CC.NC=O. The van der Waals surface area contributed by atoms with Crippen LogP contribution in [0.1, 0.15) is 58.4 Å². The molecule has 0 aliphatic heterocycles. The first-order valence-electron chi connectivity index (χ1n) is 9.35. The van der Waals surface area contributed by atoms with Crippen LogP contribution in [-0.2, 0) is 4.79 Å². The van der Waals surface area contributed by atoms with Gasteiger partial charge in [-0.15, -0.1) is 0 Å². The standard InChI is InChI=1S/C18H20N2.2C2H6.CH3NO/c1-5-8-10-15(7-3)18-16(9-6-2)17-13-14(4)11-12-20(17)19-18;2*1-2;2-1-3/h5-13H,3H2,1-2,4H3;2*1-2H3;1H,(H2,2,3)/b8-5-,9-6+,15-10+;;;. The fourth-order valence-electron chi connectivity index (χ4n) is 2.16. The smallest absolute Gasteiger partial charge is 0.204 e. The van der Waals surface area contributed by atoms with Gasteiger partial charge >= 0.3 is 0 Å². The monoisotopic (exact) mass is 369 g/mol. The number of hydrogen-bond acceptors (Lipinski definition) is 2. The molecule has 27 heavy (non-hydrogen) atoms. The van der Waals surface area contributed by atoms with Crippen molar-refractivity contribution in [3.63, 3.8) is 0 Å². The molecular formula is C23H35N3O. The molecule has 0 unspecified atom stereocenters. The summed E-state index contributed by atoms with van der Waals surface area (Å²) in [5.74, 6) is 0. The molecule has 2 rings (SSSR count). The van der Waals surface area contributed by atoms with E-state index in [1.165, 1.54) is 5.56 Å². The Morgan fingerprint density at radius 2 is 1.78 bits per heavy atom. The van der Waals surface area contributed by atoms with Crippen LogP contribution in [0.15, 0.2) is 55.3 Å². The highest BCUT2D eigenvalue weighted by atomic mass is 16.1. The van der Waals surface area contributed by atoms with E-state index in [2.05, 4.69) is 42.5 Å². The molecule has 2 heterocycles. The van der Waals surface area contributed by atoms with Crippen molar-refractivity contribution in [3.8, 4) is 0 Å². The molecule has 2 N–H and O–H groups in total. The maximum absolute atomic E-state index is 8.58. The molecule has 0 radical (unpaired) electrons. The number of hydrogen-bond donors (Lipinski definition) is 1. The first kappa shape index (κ1) is 26.4. The number of rotatable bonds is 4. The second kappa shape index (κ2) is 16.6. The first-order valence-corrected chi connectivity index (χ1v) is 9.35. The van der Waals surface area contributed by atoms with Crippen LogP contribution < -0.4 is 5.73 Å². The van der Waals surface area contributed by atoms with Crippen molar-refractivity contribution in [2.45, 2.75) is 48.5 Å². The summed E-state index contributed by atoms with van der Waals surface area (Å²) in [6, 6.07) is 4.22. The second-order valence-electron chi connectivity index (χ2n) is 4.78. The van der Waals surface area contributed by atoms with E-state index >= 15 is 0 Å². The average Bonchev–Trinajstić information content (AvgIpc) is 3.04. The molecule has 2 aromatic rings. The lowest BCUT2D eigenvalue weighted by atomic mass is 10.1. The molecule has 0 saturated heterocycles. The minimum absolute atomic E-state index is 0.250. The van der Waals surface area contributed by atoms with Crippen LogP contribution in [0.4, 0.5) is 0 Å². The van der Waals surface area contributed by atoms with E-state index in [1.807, 2.05) is 82.6 Å². The molecule has 0 fully saturated rings. The number of pyridine rings is 1. The van der Waals surface area contributed by atoms with Gasteiger partial charge in [0.1, 0.15) is 5.69 Å². The zero-order valence-corrected chi connectivity index (χ0v) is 17.9. The number of nitrogens with two attached hydrogens (primary N) is 1. The van der Waals surface area contributed by atoms with E-state index in [0.29, 0.717) is 0 Å². The summed E-state index contributed by atoms with van der Waals surface area (Å²) in [4.78, 5) is 8.58. The van der Waals surface area contributed by atoms with Crippen LogP contribution >= 0.6 is 0 Å². The molecular weight excluding hydrogens is 334 g/mol. The second-order valence-corrected chi connectivity index (χ2v) is 4.78. The van der Waals surface area contributed by atoms with Gasteiger partial charge in [-0.25, -0.2) is 4.52 Å². The van der Waals surface area contributed by atoms with Gasteiger partial charge in [-0.1, -0.05) is 70.7 Å². The summed E-state index contributed by atoms with van der Waals surface area (Å²) < 4.78 is 1.92. The number of carbonyl (C=O) groups is 1. The highest BCUT2D eigenvalue weighted by Crippen LogP contribution is 2.25. The third kappa shape index (κ3) is 8.36. The van der Waals surface area contributed by atoms with E-state index < -0.39 is 0 Å². The highest BCUT2D eigenvalue weighted by molar-refractivity contribution is 5.85. The number of aryl methyl sites for hydroxylation is 1. The lowest BCUT2D eigenvalue weighted by Gasteiger charge is -1.98. The number of nitrogens with zero attached hydrogens (tertiary/aromatic N) is 2. The number of allylic oxidation sites excluding steroid dienone is 6. The first-order chi connectivity index (χ1) is 13.1. The Balaban J connectivity index is 0. The molecule has 0 spiro atoms. The average molecular weight is 370 g/mol. The van der Waals surface area contributed by atoms with Crippen molar-refractivity contribution >= 4 is 23.6 Å². The summed E-state index contributed by atoms with van der Waals surface area (Å²) in [7, 11) is 0. The summed E-state index contributed by atoms with van der Waals surface area (Å²) >= 11 is 0.